The van der Waals surface area contributed by atoms with Crippen LogP contribution >= 0.6 is 11.6 Å². The van der Waals surface area contributed by atoms with Crippen molar-refractivity contribution in [2.75, 3.05) is 13.2 Å². The zero-order valence-corrected chi connectivity index (χ0v) is 14.6. The molecule has 2 aromatic rings. The minimum Gasteiger partial charge on any atom is -0.486 e. The van der Waals surface area contributed by atoms with Crippen molar-refractivity contribution in [3.05, 3.63) is 47.2 Å². The van der Waals surface area contributed by atoms with Gasteiger partial charge in [-0.3, -0.25) is 4.98 Å². The van der Waals surface area contributed by atoms with Crippen LogP contribution in [-0.4, -0.2) is 32.7 Å². The van der Waals surface area contributed by atoms with E-state index in [1.165, 1.54) is 12.1 Å². The van der Waals surface area contributed by atoms with E-state index in [2.05, 4.69) is 9.71 Å². The Bertz CT molecular complexity index is 827. The second-order valence-corrected chi connectivity index (χ2v) is 7.56. The molecular weight excluding hydrogens is 352 g/mol. The summed E-state index contributed by atoms with van der Waals surface area (Å²) in [6.07, 6.45) is 2.15. The Morgan fingerprint density at radius 3 is 2.62 bits per heavy atom. The average molecular weight is 369 g/mol. The molecule has 0 saturated carbocycles. The predicted octanol–water partition coefficient (Wildman–Crippen LogP) is 2.42. The smallest absolute Gasteiger partial charge is 0.242 e. The van der Waals surface area contributed by atoms with Gasteiger partial charge in [0.1, 0.15) is 18.1 Å². The first kappa shape index (κ1) is 17.0. The number of aromatic nitrogens is 1. The van der Waals surface area contributed by atoms with Crippen LogP contribution in [0.15, 0.2) is 41.4 Å². The zero-order valence-electron chi connectivity index (χ0n) is 13.0. The number of fused-ring (bicyclic) bond motifs is 1. The van der Waals surface area contributed by atoms with Gasteiger partial charge in [0, 0.05) is 36.5 Å². The van der Waals surface area contributed by atoms with Crippen molar-refractivity contribution in [2.45, 2.75) is 24.3 Å². The average Bonchev–Trinajstić information content (AvgIpc) is 2.54. The van der Waals surface area contributed by atoms with Gasteiger partial charge in [0.2, 0.25) is 10.0 Å². The Hall–Kier alpha value is -1.83. The maximum absolute atomic E-state index is 12.6. The zero-order chi connectivity index (χ0) is 17.2. The molecule has 2 heterocycles. The molecule has 6 nitrogen and oxygen atoms in total. The summed E-state index contributed by atoms with van der Waals surface area (Å²) in [6, 6.07) is 8.05. The lowest BCUT2D eigenvalue weighted by Crippen LogP contribution is -2.34. The maximum Gasteiger partial charge on any atom is 0.242 e. The lowest BCUT2D eigenvalue weighted by Gasteiger charge is -2.20. The van der Waals surface area contributed by atoms with Crippen LogP contribution in [0.1, 0.15) is 12.6 Å². The first-order valence-corrected chi connectivity index (χ1v) is 9.33. The van der Waals surface area contributed by atoms with Gasteiger partial charge in [-0.15, -0.1) is 0 Å². The quantitative estimate of drug-likeness (QED) is 0.876. The number of hydrogen-bond acceptors (Lipinski definition) is 5. The topological polar surface area (TPSA) is 77.5 Å². The number of sulfonamides is 1. The molecule has 0 aliphatic carbocycles. The molecule has 3 rings (SSSR count). The van der Waals surface area contributed by atoms with Crippen LogP contribution in [0.5, 0.6) is 11.5 Å². The van der Waals surface area contributed by atoms with Gasteiger partial charge >= 0.3 is 0 Å². The summed E-state index contributed by atoms with van der Waals surface area (Å²) < 4.78 is 38.7. The van der Waals surface area contributed by atoms with Crippen molar-refractivity contribution in [2.24, 2.45) is 0 Å². The molecule has 1 N–H and O–H groups in total. The van der Waals surface area contributed by atoms with Gasteiger partial charge in [-0.1, -0.05) is 17.7 Å². The largest absolute Gasteiger partial charge is 0.486 e. The van der Waals surface area contributed by atoms with Crippen molar-refractivity contribution < 1.29 is 17.9 Å². The third-order valence-electron chi connectivity index (χ3n) is 3.48. The summed E-state index contributed by atoms with van der Waals surface area (Å²) in [6.45, 7) is 2.56. The number of hydrogen-bond donors (Lipinski definition) is 1. The van der Waals surface area contributed by atoms with Crippen LogP contribution in [0.4, 0.5) is 0 Å². The Morgan fingerprint density at radius 2 is 1.96 bits per heavy atom. The number of halogens is 1. The first-order valence-electron chi connectivity index (χ1n) is 7.47. The van der Waals surface area contributed by atoms with E-state index >= 15 is 0 Å². The van der Waals surface area contributed by atoms with Gasteiger partial charge in [-0.05, 0) is 19.1 Å². The number of nitrogens with zero attached hydrogens (tertiary/aromatic N) is 1. The van der Waals surface area contributed by atoms with Crippen molar-refractivity contribution in [3.63, 3.8) is 0 Å². The summed E-state index contributed by atoms with van der Waals surface area (Å²) in [7, 11) is -3.79. The molecule has 0 fully saturated rings. The molecule has 0 bridgehead atoms. The molecule has 0 amide bonds. The highest BCUT2D eigenvalue weighted by Gasteiger charge is 2.25. The monoisotopic (exact) mass is 368 g/mol. The lowest BCUT2D eigenvalue weighted by atomic mass is 10.2. The standard InChI is InChI=1S/C16H17ClN2O4S/c1-11(8-12-4-2-3-5-18-12)19-24(20,21)16-10-15-14(9-13(16)17)22-6-7-23-15/h2-5,9-11,19H,6-8H2,1H3/t11-/m0/s1. The molecule has 1 aromatic heterocycles. The summed E-state index contributed by atoms with van der Waals surface area (Å²) >= 11 is 6.12. The molecule has 1 aliphatic heterocycles. The molecule has 24 heavy (non-hydrogen) atoms. The van der Waals surface area contributed by atoms with Crippen LogP contribution in [0.25, 0.3) is 0 Å². The van der Waals surface area contributed by atoms with E-state index in [-0.39, 0.29) is 16.0 Å². The first-order chi connectivity index (χ1) is 11.5. The Balaban J connectivity index is 1.80. The van der Waals surface area contributed by atoms with Gasteiger partial charge in [-0.25, -0.2) is 13.1 Å². The molecule has 1 atom stereocenters. The molecule has 0 saturated heterocycles. The van der Waals surface area contributed by atoms with Gasteiger partial charge in [0.25, 0.3) is 0 Å². The molecule has 128 valence electrons. The highest BCUT2D eigenvalue weighted by atomic mass is 35.5. The van der Waals surface area contributed by atoms with E-state index in [0.717, 1.165) is 5.69 Å². The summed E-state index contributed by atoms with van der Waals surface area (Å²) in [5.41, 5.74) is 0.806. The van der Waals surface area contributed by atoms with Crippen molar-refractivity contribution >= 4 is 21.6 Å². The fourth-order valence-corrected chi connectivity index (χ4v) is 4.23. The van der Waals surface area contributed by atoms with Gasteiger partial charge in [0.05, 0.1) is 5.02 Å². The van der Waals surface area contributed by atoms with Gasteiger partial charge in [-0.2, -0.15) is 0 Å². The number of benzene rings is 1. The summed E-state index contributed by atoms with van der Waals surface area (Å²) in [5.74, 6) is 0.829. The second kappa shape index (κ2) is 6.96. The van der Waals surface area contributed by atoms with Crippen LogP contribution in [0.3, 0.4) is 0 Å². The van der Waals surface area contributed by atoms with Crippen LogP contribution in [0.2, 0.25) is 5.02 Å². The van der Waals surface area contributed by atoms with E-state index in [1.807, 2.05) is 18.2 Å². The third-order valence-corrected chi connectivity index (χ3v) is 5.54. The predicted molar refractivity (Wildman–Crippen MR) is 90.2 cm³/mol. The fourth-order valence-electron chi connectivity index (χ4n) is 2.45. The Labute approximate surface area is 145 Å². The summed E-state index contributed by atoms with van der Waals surface area (Å²) in [4.78, 5) is 4.17. The fraction of sp³-hybridized carbons (Fsp3) is 0.312. The molecule has 0 radical (unpaired) electrons. The van der Waals surface area contributed by atoms with E-state index in [4.69, 9.17) is 21.1 Å². The van der Waals surface area contributed by atoms with Gasteiger partial charge in [0.15, 0.2) is 11.5 Å². The highest BCUT2D eigenvalue weighted by Crippen LogP contribution is 2.37. The van der Waals surface area contributed by atoms with E-state index in [9.17, 15) is 8.42 Å². The van der Waals surface area contributed by atoms with E-state index in [1.54, 1.807) is 13.1 Å². The molecular formula is C16H17ClN2O4S. The van der Waals surface area contributed by atoms with E-state index < -0.39 is 10.0 Å². The SMILES string of the molecule is C[C@@H](Cc1ccccn1)NS(=O)(=O)c1cc2c(cc1Cl)OCCO2. The van der Waals surface area contributed by atoms with Crippen molar-refractivity contribution in [1.29, 1.82) is 0 Å². The van der Waals surface area contributed by atoms with Crippen molar-refractivity contribution in [1.82, 2.24) is 9.71 Å². The Morgan fingerprint density at radius 1 is 1.25 bits per heavy atom. The normalized spacial score (nSPS) is 15.1. The number of ether oxygens (including phenoxy) is 2. The minimum absolute atomic E-state index is 0.0266. The van der Waals surface area contributed by atoms with Crippen molar-refractivity contribution in [3.8, 4) is 11.5 Å². The molecule has 0 unspecified atom stereocenters. The molecule has 1 aromatic carbocycles. The van der Waals surface area contributed by atoms with Gasteiger partial charge < -0.3 is 9.47 Å². The maximum atomic E-state index is 12.6. The molecule has 8 heteroatoms. The number of pyridine rings is 1. The van der Waals surface area contributed by atoms with E-state index in [0.29, 0.717) is 31.1 Å². The van der Waals surface area contributed by atoms with Crippen LogP contribution in [0, 0.1) is 0 Å². The number of rotatable bonds is 5. The molecule has 1 aliphatic rings. The van der Waals surface area contributed by atoms with Crippen LogP contribution in [-0.2, 0) is 16.4 Å². The number of nitrogens with one attached hydrogen (secondary N) is 1. The lowest BCUT2D eigenvalue weighted by molar-refractivity contribution is 0.171. The highest BCUT2D eigenvalue weighted by molar-refractivity contribution is 7.89. The minimum atomic E-state index is -3.79. The van der Waals surface area contributed by atoms with Crippen LogP contribution < -0.4 is 14.2 Å². The second-order valence-electron chi connectivity index (χ2n) is 5.47. The Kier molecular flexibility index (Phi) is 4.93. The summed E-state index contributed by atoms with van der Waals surface area (Å²) in [5, 5.41) is 0.0942. The third kappa shape index (κ3) is 3.80. The molecule has 0 spiro atoms.